The van der Waals surface area contributed by atoms with Gasteiger partial charge in [0.15, 0.2) is 5.82 Å². The summed E-state index contributed by atoms with van der Waals surface area (Å²) in [5.41, 5.74) is 0.164. The van der Waals surface area contributed by atoms with Gasteiger partial charge in [0.25, 0.3) is 0 Å². The summed E-state index contributed by atoms with van der Waals surface area (Å²) in [7, 11) is 0. The highest BCUT2D eigenvalue weighted by Crippen LogP contribution is 2.43. The van der Waals surface area contributed by atoms with Crippen molar-refractivity contribution in [3.63, 3.8) is 0 Å². The minimum atomic E-state index is -0.763. The van der Waals surface area contributed by atoms with Crippen LogP contribution in [0.25, 0.3) is 11.4 Å². The predicted molar refractivity (Wildman–Crippen MR) is 74.9 cm³/mol. The molecular weight excluding hydrogens is 324 g/mol. The van der Waals surface area contributed by atoms with Crippen LogP contribution in [0, 0.1) is 5.41 Å². The van der Waals surface area contributed by atoms with Gasteiger partial charge in [0, 0.05) is 10.0 Å². The van der Waals surface area contributed by atoms with Crippen LogP contribution in [0.4, 0.5) is 0 Å². The van der Waals surface area contributed by atoms with Gasteiger partial charge in [-0.3, -0.25) is 4.79 Å². The number of hydrogen-bond acceptors (Lipinski definition) is 4. The van der Waals surface area contributed by atoms with Gasteiger partial charge in [0.05, 0.1) is 12.0 Å². The molecule has 0 bridgehead atoms. The van der Waals surface area contributed by atoms with E-state index in [-0.39, 0.29) is 0 Å². The van der Waals surface area contributed by atoms with Gasteiger partial charge in [-0.15, -0.1) is 5.10 Å². The van der Waals surface area contributed by atoms with E-state index in [1.54, 1.807) is 4.68 Å². The zero-order chi connectivity index (χ0) is 14.2. The van der Waals surface area contributed by atoms with Gasteiger partial charge < -0.3 is 5.11 Å². The lowest BCUT2D eigenvalue weighted by Gasteiger charge is -2.37. The number of halogens is 1. The van der Waals surface area contributed by atoms with E-state index in [1.807, 2.05) is 24.3 Å². The van der Waals surface area contributed by atoms with Gasteiger partial charge in [0.1, 0.15) is 0 Å². The Labute approximate surface area is 123 Å². The van der Waals surface area contributed by atoms with E-state index in [2.05, 4.69) is 31.5 Å². The molecule has 1 aromatic carbocycles. The van der Waals surface area contributed by atoms with E-state index in [0.717, 1.165) is 16.5 Å². The van der Waals surface area contributed by atoms with E-state index in [1.165, 1.54) is 0 Å². The maximum absolute atomic E-state index is 11.4. The minimum absolute atomic E-state index is 0.320. The first-order valence-electron chi connectivity index (χ1n) is 6.36. The SMILES string of the molecule is O=C(O)C1(Cn2nnnc2-c2ccc(Br)cc2)CCC1. The molecule has 104 valence electrons. The second kappa shape index (κ2) is 4.97. The summed E-state index contributed by atoms with van der Waals surface area (Å²) in [5.74, 6) is -0.161. The van der Waals surface area contributed by atoms with Crippen molar-refractivity contribution in [2.24, 2.45) is 5.41 Å². The number of carboxylic acid groups (broad SMARTS) is 1. The highest BCUT2D eigenvalue weighted by atomic mass is 79.9. The smallest absolute Gasteiger partial charge is 0.311 e. The summed E-state index contributed by atoms with van der Waals surface area (Å²) in [6.07, 6.45) is 2.31. The number of hydrogen-bond donors (Lipinski definition) is 1. The molecule has 1 aromatic heterocycles. The number of carbonyl (C=O) groups is 1. The minimum Gasteiger partial charge on any atom is -0.481 e. The lowest BCUT2D eigenvalue weighted by atomic mass is 9.69. The summed E-state index contributed by atoms with van der Waals surface area (Å²) in [5, 5.41) is 21.0. The highest BCUT2D eigenvalue weighted by molar-refractivity contribution is 9.10. The Morgan fingerprint density at radius 1 is 1.35 bits per heavy atom. The molecule has 7 heteroatoms. The second-order valence-electron chi connectivity index (χ2n) is 5.11. The Morgan fingerprint density at radius 3 is 2.60 bits per heavy atom. The fraction of sp³-hybridized carbons (Fsp3) is 0.385. The van der Waals surface area contributed by atoms with E-state index in [4.69, 9.17) is 0 Å². The quantitative estimate of drug-likeness (QED) is 0.926. The van der Waals surface area contributed by atoms with E-state index >= 15 is 0 Å². The van der Waals surface area contributed by atoms with Crippen LogP contribution in [0.15, 0.2) is 28.7 Å². The Kier molecular flexibility index (Phi) is 3.29. The van der Waals surface area contributed by atoms with Crippen molar-refractivity contribution in [3.8, 4) is 11.4 Å². The van der Waals surface area contributed by atoms with Gasteiger partial charge in [-0.1, -0.05) is 34.5 Å². The van der Waals surface area contributed by atoms with Gasteiger partial charge in [-0.2, -0.15) is 0 Å². The van der Waals surface area contributed by atoms with E-state index in [9.17, 15) is 9.90 Å². The van der Waals surface area contributed by atoms with Gasteiger partial charge in [-0.05, 0) is 35.4 Å². The molecule has 1 N–H and O–H groups in total. The Balaban J connectivity index is 1.91. The van der Waals surface area contributed by atoms with Crippen molar-refractivity contribution in [2.45, 2.75) is 25.8 Å². The zero-order valence-electron chi connectivity index (χ0n) is 10.7. The van der Waals surface area contributed by atoms with Crippen LogP contribution in [0.5, 0.6) is 0 Å². The normalized spacial score (nSPS) is 16.6. The summed E-state index contributed by atoms with van der Waals surface area (Å²) in [6, 6.07) is 7.62. The molecule has 1 aliphatic rings. The maximum atomic E-state index is 11.4. The Hall–Kier alpha value is -1.76. The number of tetrazole rings is 1. The summed E-state index contributed by atoms with van der Waals surface area (Å²) in [4.78, 5) is 11.4. The third kappa shape index (κ3) is 2.22. The molecule has 6 nitrogen and oxygen atoms in total. The molecule has 1 saturated carbocycles. The van der Waals surface area contributed by atoms with Gasteiger partial charge in [0.2, 0.25) is 0 Å². The molecule has 0 saturated heterocycles. The van der Waals surface area contributed by atoms with Crippen LogP contribution >= 0.6 is 15.9 Å². The van der Waals surface area contributed by atoms with Crippen molar-refractivity contribution >= 4 is 21.9 Å². The lowest BCUT2D eigenvalue weighted by Crippen LogP contribution is -2.42. The van der Waals surface area contributed by atoms with Crippen molar-refractivity contribution in [1.82, 2.24) is 20.2 Å². The van der Waals surface area contributed by atoms with Crippen molar-refractivity contribution in [1.29, 1.82) is 0 Å². The fourth-order valence-electron chi connectivity index (χ4n) is 2.45. The summed E-state index contributed by atoms with van der Waals surface area (Å²) < 4.78 is 2.57. The Bertz CT molecular complexity index is 634. The van der Waals surface area contributed by atoms with Crippen LogP contribution in [0.2, 0.25) is 0 Å². The van der Waals surface area contributed by atoms with Crippen molar-refractivity contribution in [2.75, 3.05) is 0 Å². The van der Waals surface area contributed by atoms with Crippen LogP contribution < -0.4 is 0 Å². The second-order valence-corrected chi connectivity index (χ2v) is 6.02. The van der Waals surface area contributed by atoms with Crippen molar-refractivity contribution in [3.05, 3.63) is 28.7 Å². The molecule has 0 atom stereocenters. The average molecular weight is 337 g/mol. The zero-order valence-corrected chi connectivity index (χ0v) is 12.2. The number of aromatic nitrogens is 4. The van der Waals surface area contributed by atoms with E-state index < -0.39 is 11.4 Å². The first-order chi connectivity index (χ1) is 9.61. The highest BCUT2D eigenvalue weighted by Gasteiger charge is 2.45. The molecule has 1 fully saturated rings. The third-order valence-corrected chi connectivity index (χ3v) is 4.38. The van der Waals surface area contributed by atoms with Gasteiger partial charge >= 0.3 is 5.97 Å². The van der Waals surface area contributed by atoms with Crippen LogP contribution in [0.1, 0.15) is 19.3 Å². The van der Waals surface area contributed by atoms with Crippen molar-refractivity contribution < 1.29 is 9.90 Å². The topological polar surface area (TPSA) is 80.9 Å². The van der Waals surface area contributed by atoms with Crippen LogP contribution in [-0.4, -0.2) is 31.3 Å². The molecule has 0 amide bonds. The summed E-state index contributed by atoms with van der Waals surface area (Å²) >= 11 is 3.38. The molecule has 1 aliphatic carbocycles. The number of aliphatic carboxylic acids is 1. The number of carboxylic acids is 1. The molecule has 1 heterocycles. The summed E-state index contributed by atoms with van der Waals surface area (Å²) in [6.45, 7) is 0.320. The molecule has 0 aliphatic heterocycles. The number of nitrogens with zero attached hydrogens (tertiary/aromatic N) is 4. The molecule has 20 heavy (non-hydrogen) atoms. The fourth-order valence-corrected chi connectivity index (χ4v) is 2.71. The molecular formula is C13H13BrN4O2. The van der Waals surface area contributed by atoms with E-state index in [0.29, 0.717) is 25.2 Å². The molecule has 0 unspecified atom stereocenters. The first-order valence-corrected chi connectivity index (χ1v) is 7.16. The predicted octanol–water partition coefficient (Wildman–Crippen LogP) is 2.36. The number of benzene rings is 1. The van der Waals surface area contributed by atoms with Crippen LogP contribution in [0.3, 0.4) is 0 Å². The maximum Gasteiger partial charge on any atom is 0.311 e. The standard InChI is InChI=1S/C13H13BrN4O2/c14-10-4-2-9(3-5-10)11-15-16-17-18(11)8-13(12(19)20)6-1-7-13/h2-5H,1,6-8H2,(H,19,20). The molecule has 3 rings (SSSR count). The third-order valence-electron chi connectivity index (χ3n) is 3.85. The first kappa shape index (κ1) is 13.2. The number of rotatable bonds is 4. The Morgan fingerprint density at radius 2 is 2.05 bits per heavy atom. The van der Waals surface area contributed by atoms with Gasteiger partial charge in [-0.25, -0.2) is 4.68 Å². The molecule has 0 radical (unpaired) electrons. The lowest BCUT2D eigenvalue weighted by molar-refractivity contribution is -0.156. The average Bonchev–Trinajstić information content (AvgIpc) is 2.82. The largest absolute Gasteiger partial charge is 0.481 e. The monoisotopic (exact) mass is 336 g/mol. The van der Waals surface area contributed by atoms with Crippen LogP contribution in [-0.2, 0) is 11.3 Å². The molecule has 2 aromatic rings. The molecule has 0 spiro atoms.